The first-order valence-electron chi connectivity index (χ1n) is 6.68. The number of nitrogens with one attached hydrogen (secondary N) is 1. The summed E-state index contributed by atoms with van der Waals surface area (Å²) >= 11 is 0. The van der Waals surface area contributed by atoms with Crippen molar-refractivity contribution in [3.05, 3.63) is 24.3 Å². The van der Waals surface area contributed by atoms with Crippen molar-refractivity contribution in [2.45, 2.75) is 37.4 Å². The zero-order chi connectivity index (χ0) is 15.5. The molecule has 22 heavy (non-hydrogen) atoms. The summed E-state index contributed by atoms with van der Waals surface area (Å²) in [5.74, 6) is -0.169. The van der Waals surface area contributed by atoms with Gasteiger partial charge in [0, 0.05) is 5.69 Å². The van der Waals surface area contributed by atoms with E-state index in [4.69, 9.17) is 5.73 Å². The van der Waals surface area contributed by atoms with Crippen LogP contribution in [0.2, 0.25) is 0 Å². The van der Waals surface area contributed by atoms with Crippen molar-refractivity contribution in [2.24, 2.45) is 5.73 Å². The second kappa shape index (κ2) is 7.19. The largest absolute Gasteiger partial charge is 0.484 e. The summed E-state index contributed by atoms with van der Waals surface area (Å²) in [6.45, 7) is -1.34. The molecule has 0 unspecified atom stereocenters. The van der Waals surface area contributed by atoms with Gasteiger partial charge in [-0.1, -0.05) is 12.8 Å². The van der Waals surface area contributed by atoms with E-state index in [9.17, 15) is 18.0 Å². The number of carbonyl (C=O) groups is 1. The van der Waals surface area contributed by atoms with Crippen molar-refractivity contribution >= 4 is 24.0 Å². The van der Waals surface area contributed by atoms with Crippen LogP contribution >= 0.6 is 12.4 Å². The Morgan fingerprint density at radius 3 is 2.27 bits per heavy atom. The third-order valence-electron chi connectivity index (χ3n) is 3.46. The number of nitrogens with two attached hydrogens (primary N) is 1. The van der Waals surface area contributed by atoms with Crippen LogP contribution in [0.4, 0.5) is 18.9 Å². The number of rotatable bonds is 4. The second-order valence-corrected chi connectivity index (χ2v) is 5.25. The molecule has 0 spiro atoms. The van der Waals surface area contributed by atoms with Crippen LogP contribution in [0.15, 0.2) is 24.3 Å². The van der Waals surface area contributed by atoms with Crippen LogP contribution in [0.5, 0.6) is 5.75 Å². The van der Waals surface area contributed by atoms with Gasteiger partial charge in [0.25, 0.3) is 0 Å². The molecule has 8 heteroatoms. The lowest BCUT2D eigenvalue weighted by atomic mass is 9.98. The van der Waals surface area contributed by atoms with E-state index in [1.807, 2.05) is 0 Å². The Hall–Kier alpha value is -1.47. The van der Waals surface area contributed by atoms with Gasteiger partial charge in [-0.15, -0.1) is 12.4 Å². The minimum atomic E-state index is -4.37. The first kappa shape index (κ1) is 18.6. The highest BCUT2D eigenvalue weighted by Gasteiger charge is 2.36. The van der Waals surface area contributed by atoms with Crippen molar-refractivity contribution in [3.8, 4) is 5.75 Å². The van der Waals surface area contributed by atoms with E-state index in [0.29, 0.717) is 18.5 Å². The van der Waals surface area contributed by atoms with Crippen molar-refractivity contribution < 1.29 is 22.7 Å². The molecule has 2 rings (SSSR count). The van der Waals surface area contributed by atoms with E-state index >= 15 is 0 Å². The number of hydrogen-bond acceptors (Lipinski definition) is 3. The van der Waals surface area contributed by atoms with Crippen molar-refractivity contribution in [2.75, 3.05) is 11.9 Å². The maximum atomic E-state index is 12.1. The maximum Gasteiger partial charge on any atom is 0.422 e. The highest BCUT2D eigenvalue weighted by atomic mass is 35.5. The van der Waals surface area contributed by atoms with E-state index in [1.165, 1.54) is 24.3 Å². The summed E-state index contributed by atoms with van der Waals surface area (Å²) in [5, 5.41) is 2.68. The van der Waals surface area contributed by atoms with E-state index in [0.717, 1.165) is 12.8 Å². The Balaban J connectivity index is 0.00000242. The quantitative estimate of drug-likeness (QED) is 0.885. The molecule has 1 fully saturated rings. The summed E-state index contributed by atoms with van der Waals surface area (Å²) in [6, 6.07) is 5.72. The van der Waals surface area contributed by atoms with Crippen LogP contribution in [0.3, 0.4) is 0 Å². The van der Waals surface area contributed by atoms with Gasteiger partial charge in [0.1, 0.15) is 5.75 Å². The Morgan fingerprint density at radius 1 is 1.23 bits per heavy atom. The Bertz CT molecular complexity index is 500. The highest BCUT2D eigenvalue weighted by Crippen LogP contribution is 2.28. The SMILES string of the molecule is Cl.NC1(C(=O)Nc2ccc(OCC(F)(F)F)cc2)CCCC1. The van der Waals surface area contributed by atoms with Crippen LogP contribution in [-0.4, -0.2) is 24.2 Å². The number of halogens is 4. The molecule has 0 heterocycles. The molecule has 0 radical (unpaired) electrons. The number of ether oxygens (including phenoxy) is 1. The first-order valence-corrected chi connectivity index (χ1v) is 6.68. The van der Waals surface area contributed by atoms with Crippen molar-refractivity contribution in [3.63, 3.8) is 0 Å². The van der Waals surface area contributed by atoms with Crippen molar-refractivity contribution in [1.29, 1.82) is 0 Å². The zero-order valence-electron chi connectivity index (χ0n) is 11.8. The second-order valence-electron chi connectivity index (χ2n) is 5.25. The molecule has 0 aromatic heterocycles. The maximum absolute atomic E-state index is 12.1. The fourth-order valence-electron chi connectivity index (χ4n) is 2.29. The topological polar surface area (TPSA) is 64.4 Å². The minimum Gasteiger partial charge on any atom is -0.484 e. The number of amides is 1. The standard InChI is InChI=1S/C14H17F3N2O2.ClH/c15-14(16,17)9-21-11-5-3-10(4-6-11)19-12(20)13(18)7-1-2-8-13;/h3-6H,1-2,7-9,18H2,(H,19,20);1H. The van der Waals surface area contributed by atoms with E-state index in [2.05, 4.69) is 10.1 Å². The molecule has 1 aliphatic rings. The van der Waals surface area contributed by atoms with E-state index in [1.54, 1.807) is 0 Å². The highest BCUT2D eigenvalue weighted by molar-refractivity contribution is 5.98. The molecule has 1 amide bonds. The van der Waals surface area contributed by atoms with Gasteiger partial charge in [-0.2, -0.15) is 13.2 Å². The molecule has 1 aromatic rings. The predicted molar refractivity (Wildman–Crippen MR) is 79.3 cm³/mol. The van der Waals surface area contributed by atoms with Crippen LogP contribution in [-0.2, 0) is 4.79 Å². The molecule has 1 saturated carbocycles. The Labute approximate surface area is 132 Å². The molecule has 0 atom stereocenters. The molecule has 0 saturated heterocycles. The molecule has 124 valence electrons. The Kier molecular flexibility index (Phi) is 6.08. The lowest BCUT2D eigenvalue weighted by molar-refractivity contribution is -0.153. The number of hydrogen-bond donors (Lipinski definition) is 2. The fourth-order valence-corrected chi connectivity index (χ4v) is 2.29. The average Bonchev–Trinajstić information content (AvgIpc) is 2.85. The van der Waals surface area contributed by atoms with Crippen LogP contribution in [0, 0.1) is 0 Å². The Morgan fingerprint density at radius 2 is 1.77 bits per heavy atom. The molecule has 1 aliphatic carbocycles. The van der Waals surface area contributed by atoms with Crippen LogP contribution in [0.1, 0.15) is 25.7 Å². The molecule has 4 nitrogen and oxygen atoms in total. The molecule has 0 aliphatic heterocycles. The van der Waals surface area contributed by atoms with Gasteiger partial charge < -0.3 is 15.8 Å². The van der Waals surface area contributed by atoms with Gasteiger partial charge in [-0.05, 0) is 37.1 Å². The molecule has 1 aromatic carbocycles. The van der Waals surface area contributed by atoms with Gasteiger partial charge >= 0.3 is 6.18 Å². The lowest BCUT2D eigenvalue weighted by Crippen LogP contribution is -2.48. The minimum absolute atomic E-state index is 0. The monoisotopic (exact) mass is 338 g/mol. The summed E-state index contributed by atoms with van der Waals surface area (Å²) < 4.78 is 40.6. The molecular weight excluding hydrogens is 321 g/mol. The van der Waals surface area contributed by atoms with Crippen LogP contribution < -0.4 is 15.8 Å². The van der Waals surface area contributed by atoms with E-state index < -0.39 is 18.3 Å². The summed E-state index contributed by atoms with van der Waals surface area (Å²) in [4.78, 5) is 12.1. The number of carbonyl (C=O) groups excluding carboxylic acids is 1. The normalized spacial score (nSPS) is 16.7. The molecular formula is C14H18ClF3N2O2. The first-order chi connectivity index (χ1) is 9.78. The zero-order valence-corrected chi connectivity index (χ0v) is 12.6. The third kappa shape index (κ3) is 5.06. The average molecular weight is 339 g/mol. The van der Waals surface area contributed by atoms with Gasteiger partial charge in [-0.3, -0.25) is 4.79 Å². The number of anilines is 1. The fraction of sp³-hybridized carbons (Fsp3) is 0.500. The molecule has 3 N–H and O–H groups in total. The predicted octanol–water partition coefficient (Wildman–Crippen LogP) is 3.26. The van der Waals surface area contributed by atoms with Gasteiger partial charge in [0.05, 0.1) is 5.54 Å². The lowest BCUT2D eigenvalue weighted by Gasteiger charge is -2.22. The van der Waals surface area contributed by atoms with Crippen LogP contribution in [0.25, 0.3) is 0 Å². The summed E-state index contributed by atoms with van der Waals surface area (Å²) in [7, 11) is 0. The van der Waals surface area contributed by atoms with Gasteiger partial charge in [0.2, 0.25) is 5.91 Å². The summed E-state index contributed by atoms with van der Waals surface area (Å²) in [5.41, 5.74) is 5.65. The third-order valence-corrected chi connectivity index (χ3v) is 3.46. The van der Waals surface area contributed by atoms with E-state index in [-0.39, 0.29) is 24.1 Å². The van der Waals surface area contributed by atoms with Gasteiger partial charge in [-0.25, -0.2) is 0 Å². The number of benzene rings is 1. The number of alkyl halides is 3. The smallest absolute Gasteiger partial charge is 0.422 e. The summed E-state index contributed by atoms with van der Waals surface area (Å²) in [6.07, 6.45) is -1.24. The molecule has 0 bridgehead atoms. The van der Waals surface area contributed by atoms with Gasteiger partial charge in [0.15, 0.2) is 6.61 Å². The van der Waals surface area contributed by atoms with Crippen molar-refractivity contribution in [1.82, 2.24) is 0 Å².